The van der Waals surface area contributed by atoms with Crippen molar-refractivity contribution in [2.75, 3.05) is 13.7 Å². The summed E-state index contributed by atoms with van der Waals surface area (Å²) >= 11 is 0. The fourth-order valence-corrected chi connectivity index (χ4v) is 1.20. The number of phenolic OH excluding ortho intramolecular Hbond substituents is 1. The molecule has 0 aromatic heterocycles. The van der Waals surface area contributed by atoms with Crippen molar-refractivity contribution in [3.63, 3.8) is 0 Å². The number of aliphatic hydroxyl groups excluding tert-OH is 1. The second-order valence-electron chi connectivity index (χ2n) is 3.47. The Morgan fingerprint density at radius 1 is 1.47 bits per heavy atom. The lowest BCUT2D eigenvalue weighted by Gasteiger charge is -2.11. The van der Waals surface area contributed by atoms with Gasteiger partial charge in [-0.05, 0) is 24.6 Å². The molecule has 1 rings (SSSR count). The number of aromatic hydroxyl groups is 1. The van der Waals surface area contributed by atoms with Crippen LogP contribution in [0.3, 0.4) is 0 Å². The third-order valence-corrected chi connectivity index (χ3v) is 2.17. The van der Waals surface area contributed by atoms with Crippen LogP contribution in [0.2, 0.25) is 0 Å². The predicted molar refractivity (Wildman–Crippen MR) is 58.0 cm³/mol. The van der Waals surface area contributed by atoms with Crippen molar-refractivity contribution >= 4 is 0 Å². The molecule has 0 radical (unpaired) electrons. The van der Waals surface area contributed by atoms with Crippen molar-refractivity contribution in [2.24, 2.45) is 0 Å². The summed E-state index contributed by atoms with van der Waals surface area (Å²) in [6.45, 7) is 2.60. The zero-order chi connectivity index (χ0) is 11.3. The number of hydrogen-bond acceptors (Lipinski definition) is 4. The monoisotopic (exact) mass is 211 g/mol. The topological polar surface area (TPSA) is 61.7 Å². The number of benzene rings is 1. The van der Waals surface area contributed by atoms with Crippen LogP contribution in [0.5, 0.6) is 11.5 Å². The summed E-state index contributed by atoms with van der Waals surface area (Å²) in [4.78, 5) is 0. The Balaban J connectivity index is 2.59. The van der Waals surface area contributed by atoms with E-state index in [2.05, 4.69) is 5.32 Å². The van der Waals surface area contributed by atoms with Crippen molar-refractivity contribution < 1.29 is 14.9 Å². The molecule has 0 aliphatic carbocycles. The van der Waals surface area contributed by atoms with Crippen LogP contribution >= 0.6 is 0 Å². The van der Waals surface area contributed by atoms with E-state index in [0.29, 0.717) is 12.3 Å². The average molecular weight is 211 g/mol. The second kappa shape index (κ2) is 5.58. The standard InChI is InChI=1S/C11H17NO3/c1-8(7-13)12-6-9-3-4-11(15-2)10(14)5-9/h3-5,8,12-14H,6-7H2,1-2H3. The minimum atomic E-state index is 0.0502. The molecule has 0 fully saturated rings. The Kier molecular flexibility index (Phi) is 4.39. The highest BCUT2D eigenvalue weighted by Crippen LogP contribution is 2.25. The zero-order valence-electron chi connectivity index (χ0n) is 9.03. The van der Waals surface area contributed by atoms with Gasteiger partial charge in [-0.15, -0.1) is 0 Å². The fraction of sp³-hybridized carbons (Fsp3) is 0.455. The molecule has 0 spiro atoms. The molecule has 1 unspecified atom stereocenters. The van der Waals surface area contributed by atoms with Crippen LogP contribution in [0, 0.1) is 0 Å². The summed E-state index contributed by atoms with van der Waals surface area (Å²) in [5, 5.41) is 21.4. The maximum Gasteiger partial charge on any atom is 0.160 e. The Morgan fingerprint density at radius 2 is 2.20 bits per heavy atom. The molecule has 0 heterocycles. The Hall–Kier alpha value is -1.26. The molecule has 0 aliphatic heterocycles. The van der Waals surface area contributed by atoms with Gasteiger partial charge in [0.25, 0.3) is 0 Å². The van der Waals surface area contributed by atoms with E-state index in [4.69, 9.17) is 9.84 Å². The largest absolute Gasteiger partial charge is 0.504 e. The molecule has 0 bridgehead atoms. The summed E-state index contributed by atoms with van der Waals surface area (Å²) < 4.78 is 4.94. The molecule has 4 heteroatoms. The first-order valence-electron chi connectivity index (χ1n) is 4.87. The van der Waals surface area contributed by atoms with Gasteiger partial charge in [-0.2, -0.15) is 0 Å². The second-order valence-corrected chi connectivity index (χ2v) is 3.47. The molecule has 0 amide bonds. The van der Waals surface area contributed by atoms with Crippen LogP contribution < -0.4 is 10.1 Å². The molecule has 0 aliphatic rings. The number of rotatable bonds is 5. The van der Waals surface area contributed by atoms with E-state index < -0.39 is 0 Å². The molecule has 3 N–H and O–H groups in total. The molecule has 4 nitrogen and oxygen atoms in total. The highest BCUT2D eigenvalue weighted by atomic mass is 16.5. The summed E-state index contributed by atoms with van der Waals surface area (Å²) in [6, 6.07) is 5.29. The lowest BCUT2D eigenvalue weighted by molar-refractivity contribution is 0.251. The lowest BCUT2D eigenvalue weighted by Crippen LogP contribution is -2.28. The third-order valence-electron chi connectivity index (χ3n) is 2.17. The van der Waals surface area contributed by atoms with E-state index in [-0.39, 0.29) is 18.4 Å². The maximum absolute atomic E-state index is 9.51. The number of ether oxygens (including phenoxy) is 1. The van der Waals surface area contributed by atoms with E-state index in [1.54, 1.807) is 12.1 Å². The van der Waals surface area contributed by atoms with Crippen LogP contribution in [-0.4, -0.2) is 30.0 Å². The number of aliphatic hydroxyl groups is 1. The van der Waals surface area contributed by atoms with Gasteiger partial charge in [0, 0.05) is 12.6 Å². The van der Waals surface area contributed by atoms with E-state index in [1.165, 1.54) is 7.11 Å². The van der Waals surface area contributed by atoms with Gasteiger partial charge >= 0.3 is 0 Å². The van der Waals surface area contributed by atoms with E-state index in [1.807, 2.05) is 13.0 Å². The minimum Gasteiger partial charge on any atom is -0.504 e. The van der Waals surface area contributed by atoms with Gasteiger partial charge in [0.1, 0.15) is 0 Å². The predicted octanol–water partition coefficient (Wildman–Crippen LogP) is 0.871. The number of hydrogen-bond donors (Lipinski definition) is 3. The van der Waals surface area contributed by atoms with Gasteiger partial charge in [-0.25, -0.2) is 0 Å². The summed E-state index contributed by atoms with van der Waals surface area (Å²) in [5.74, 6) is 0.599. The van der Waals surface area contributed by atoms with Crippen molar-refractivity contribution in [1.29, 1.82) is 0 Å². The van der Waals surface area contributed by atoms with Gasteiger partial charge in [0.15, 0.2) is 11.5 Å². The smallest absolute Gasteiger partial charge is 0.160 e. The van der Waals surface area contributed by atoms with Crippen molar-refractivity contribution in [3.8, 4) is 11.5 Å². The first-order valence-corrected chi connectivity index (χ1v) is 4.87. The van der Waals surface area contributed by atoms with Gasteiger partial charge in [0.05, 0.1) is 13.7 Å². The zero-order valence-corrected chi connectivity index (χ0v) is 9.03. The number of methoxy groups -OCH3 is 1. The minimum absolute atomic E-state index is 0.0502. The molecular weight excluding hydrogens is 194 g/mol. The first kappa shape index (κ1) is 11.8. The number of phenols is 1. The Morgan fingerprint density at radius 3 is 2.73 bits per heavy atom. The molecule has 0 saturated heterocycles. The molecule has 1 aromatic rings. The van der Waals surface area contributed by atoms with Gasteiger partial charge in [0.2, 0.25) is 0 Å². The van der Waals surface area contributed by atoms with Crippen molar-refractivity contribution in [2.45, 2.75) is 19.5 Å². The molecular formula is C11H17NO3. The third kappa shape index (κ3) is 3.42. The normalized spacial score (nSPS) is 12.5. The maximum atomic E-state index is 9.51. The van der Waals surface area contributed by atoms with Crippen LogP contribution in [0.25, 0.3) is 0 Å². The van der Waals surface area contributed by atoms with Gasteiger partial charge < -0.3 is 20.3 Å². The fourth-order valence-electron chi connectivity index (χ4n) is 1.20. The average Bonchev–Trinajstić information content (AvgIpc) is 2.26. The molecule has 15 heavy (non-hydrogen) atoms. The summed E-state index contributed by atoms with van der Waals surface area (Å²) in [7, 11) is 1.51. The SMILES string of the molecule is COc1ccc(CNC(C)CO)cc1O. The number of nitrogens with one attached hydrogen (secondary N) is 1. The van der Waals surface area contributed by atoms with Crippen molar-refractivity contribution in [1.82, 2.24) is 5.32 Å². The van der Waals surface area contributed by atoms with E-state index >= 15 is 0 Å². The first-order chi connectivity index (χ1) is 7.17. The summed E-state index contributed by atoms with van der Waals surface area (Å²) in [6.07, 6.45) is 0. The van der Waals surface area contributed by atoms with Crippen LogP contribution in [0.15, 0.2) is 18.2 Å². The molecule has 1 aromatic carbocycles. The van der Waals surface area contributed by atoms with Crippen LogP contribution in [0.4, 0.5) is 0 Å². The Labute approximate surface area is 89.5 Å². The van der Waals surface area contributed by atoms with Crippen LogP contribution in [-0.2, 0) is 6.54 Å². The molecule has 1 atom stereocenters. The molecule has 0 saturated carbocycles. The highest BCUT2D eigenvalue weighted by Gasteiger charge is 2.03. The highest BCUT2D eigenvalue weighted by molar-refractivity contribution is 5.41. The quantitative estimate of drug-likeness (QED) is 0.676. The van der Waals surface area contributed by atoms with E-state index in [0.717, 1.165) is 5.56 Å². The lowest BCUT2D eigenvalue weighted by atomic mass is 10.2. The summed E-state index contributed by atoms with van der Waals surface area (Å²) in [5.41, 5.74) is 0.952. The van der Waals surface area contributed by atoms with E-state index in [9.17, 15) is 5.11 Å². The van der Waals surface area contributed by atoms with Gasteiger partial charge in [-0.3, -0.25) is 0 Å². The molecule has 84 valence electrons. The van der Waals surface area contributed by atoms with Crippen LogP contribution in [0.1, 0.15) is 12.5 Å². The Bertz CT molecular complexity index is 315. The van der Waals surface area contributed by atoms with Crippen molar-refractivity contribution in [3.05, 3.63) is 23.8 Å². The van der Waals surface area contributed by atoms with Gasteiger partial charge in [-0.1, -0.05) is 6.07 Å².